The number of hydrogen-bond donors (Lipinski definition) is 1. The molecule has 1 heterocycles. The van der Waals surface area contributed by atoms with Crippen molar-refractivity contribution in [2.45, 2.75) is 49.3 Å². The van der Waals surface area contributed by atoms with E-state index in [-0.39, 0.29) is 0 Å². The van der Waals surface area contributed by atoms with Crippen molar-refractivity contribution in [3.05, 3.63) is 29.8 Å². The zero-order valence-corrected chi connectivity index (χ0v) is 13.1. The van der Waals surface area contributed by atoms with Gasteiger partial charge in [-0.15, -0.1) is 0 Å². The van der Waals surface area contributed by atoms with Gasteiger partial charge in [0.1, 0.15) is 5.75 Å². The molecule has 0 spiro atoms. The minimum Gasteiger partial charge on any atom is -0.493 e. The minimum absolute atomic E-state index is 0.615. The number of para-hydroxylation sites is 1. The van der Waals surface area contributed by atoms with Crippen molar-refractivity contribution in [3.63, 3.8) is 0 Å². The van der Waals surface area contributed by atoms with Gasteiger partial charge in [-0.2, -0.15) is 11.8 Å². The third-order valence-electron chi connectivity index (χ3n) is 4.71. The van der Waals surface area contributed by atoms with Crippen LogP contribution in [0.15, 0.2) is 24.3 Å². The molecule has 3 unspecified atom stereocenters. The Bertz CT molecular complexity index is 437. The fourth-order valence-corrected chi connectivity index (χ4v) is 4.50. The molecular formula is C17H25NOS. The van der Waals surface area contributed by atoms with E-state index in [0.717, 1.165) is 30.6 Å². The molecule has 0 radical (unpaired) electrons. The molecular weight excluding hydrogens is 266 g/mol. The topological polar surface area (TPSA) is 21.3 Å². The number of ether oxygens (including phenoxy) is 1. The summed E-state index contributed by atoms with van der Waals surface area (Å²) >= 11 is 2.04. The molecule has 1 aliphatic carbocycles. The van der Waals surface area contributed by atoms with E-state index in [4.69, 9.17) is 4.74 Å². The minimum atomic E-state index is 0.615. The summed E-state index contributed by atoms with van der Waals surface area (Å²) in [5.74, 6) is 1.71. The molecule has 1 saturated carbocycles. The summed E-state index contributed by atoms with van der Waals surface area (Å²) in [6.07, 6.45) is 8.91. The third-order valence-corrected chi connectivity index (χ3v) is 5.88. The average Bonchev–Trinajstić information content (AvgIpc) is 2.53. The number of thioether (sulfide) groups is 1. The van der Waals surface area contributed by atoms with Crippen LogP contribution in [0, 0.1) is 0 Å². The van der Waals surface area contributed by atoms with Crippen LogP contribution in [0.1, 0.15) is 43.6 Å². The molecule has 3 atom stereocenters. The number of fused-ring (bicyclic) bond motifs is 1. The Morgan fingerprint density at radius 1 is 1.20 bits per heavy atom. The quantitative estimate of drug-likeness (QED) is 0.911. The van der Waals surface area contributed by atoms with E-state index in [9.17, 15) is 0 Å². The number of benzene rings is 1. The van der Waals surface area contributed by atoms with Crippen LogP contribution < -0.4 is 10.1 Å². The molecule has 3 heteroatoms. The summed E-state index contributed by atoms with van der Waals surface area (Å²) in [6, 6.07) is 9.24. The molecule has 2 aliphatic rings. The Kier molecular flexibility index (Phi) is 4.90. The predicted octanol–water partition coefficient (Wildman–Crippen LogP) is 3.82. The van der Waals surface area contributed by atoms with Gasteiger partial charge >= 0.3 is 0 Å². The first-order valence-corrected chi connectivity index (χ1v) is 9.15. The Morgan fingerprint density at radius 3 is 2.95 bits per heavy atom. The van der Waals surface area contributed by atoms with Gasteiger partial charge in [-0.25, -0.2) is 0 Å². The molecule has 1 N–H and O–H groups in total. The van der Waals surface area contributed by atoms with Crippen molar-refractivity contribution >= 4 is 11.8 Å². The second-order valence-corrected chi connectivity index (χ2v) is 7.02. The molecule has 3 rings (SSSR count). The normalized spacial score (nSPS) is 29.6. The van der Waals surface area contributed by atoms with Crippen molar-refractivity contribution in [1.82, 2.24) is 5.32 Å². The number of hydrogen-bond acceptors (Lipinski definition) is 3. The van der Waals surface area contributed by atoms with Crippen molar-refractivity contribution < 1.29 is 4.74 Å². The molecule has 1 aliphatic heterocycles. The van der Waals surface area contributed by atoms with Crippen LogP contribution in [-0.2, 0) is 0 Å². The van der Waals surface area contributed by atoms with E-state index in [1.807, 2.05) is 11.8 Å². The number of nitrogens with one attached hydrogen (secondary N) is 1. The highest BCUT2D eigenvalue weighted by Gasteiger charge is 2.26. The molecule has 1 aromatic carbocycles. The summed E-state index contributed by atoms with van der Waals surface area (Å²) in [5, 5.41) is 4.66. The van der Waals surface area contributed by atoms with Gasteiger partial charge in [-0.1, -0.05) is 31.0 Å². The van der Waals surface area contributed by atoms with Gasteiger partial charge in [0.25, 0.3) is 0 Å². The third kappa shape index (κ3) is 3.15. The summed E-state index contributed by atoms with van der Waals surface area (Å²) in [4.78, 5) is 0. The molecule has 2 nitrogen and oxygen atoms in total. The summed E-state index contributed by atoms with van der Waals surface area (Å²) in [7, 11) is 0. The van der Waals surface area contributed by atoms with Crippen molar-refractivity contribution in [2.24, 2.45) is 0 Å². The Labute approximate surface area is 126 Å². The zero-order chi connectivity index (χ0) is 13.8. The van der Waals surface area contributed by atoms with Gasteiger partial charge in [0.05, 0.1) is 6.61 Å². The average molecular weight is 291 g/mol. The molecule has 20 heavy (non-hydrogen) atoms. The highest BCUT2D eigenvalue weighted by molar-refractivity contribution is 7.99. The van der Waals surface area contributed by atoms with E-state index in [1.165, 1.54) is 31.2 Å². The predicted molar refractivity (Wildman–Crippen MR) is 86.9 cm³/mol. The Hall–Kier alpha value is -0.670. The van der Waals surface area contributed by atoms with Crippen LogP contribution in [0.5, 0.6) is 5.75 Å². The first-order valence-electron chi connectivity index (χ1n) is 7.86. The van der Waals surface area contributed by atoms with Crippen LogP contribution in [0.4, 0.5) is 0 Å². The second kappa shape index (κ2) is 6.86. The Morgan fingerprint density at radius 2 is 2.05 bits per heavy atom. The SMILES string of the molecule is CSC1CCCCC1NCC1CCOc2ccccc21. The fourth-order valence-electron chi connectivity index (χ4n) is 3.53. The summed E-state index contributed by atoms with van der Waals surface area (Å²) < 4.78 is 5.76. The monoisotopic (exact) mass is 291 g/mol. The standard InChI is InChI=1S/C17H25NOS/c1-20-17-9-5-3-7-15(17)18-12-13-10-11-19-16-8-4-2-6-14(13)16/h2,4,6,8,13,15,17-18H,3,5,7,9-12H2,1H3. The molecule has 0 saturated heterocycles. The van der Waals surface area contributed by atoms with E-state index < -0.39 is 0 Å². The van der Waals surface area contributed by atoms with Gasteiger partial charge in [-0.05, 0) is 37.1 Å². The van der Waals surface area contributed by atoms with E-state index in [2.05, 4.69) is 35.8 Å². The highest BCUT2D eigenvalue weighted by atomic mass is 32.2. The second-order valence-electron chi connectivity index (χ2n) is 5.95. The van der Waals surface area contributed by atoms with Gasteiger partial charge in [0, 0.05) is 23.8 Å². The van der Waals surface area contributed by atoms with E-state index in [1.54, 1.807) is 0 Å². The van der Waals surface area contributed by atoms with Crippen molar-refractivity contribution in [3.8, 4) is 5.75 Å². The van der Waals surface area contributed by atoms with Gasteiger partial charge in [0.15, 0.2) is 0 Å². The molecule has 1 fully saturated rings. The maximum absolute atomic E-state index is 5.76. The zero-order valence-electron chi connectivity index (χ0n) is 12.3. The maximum Gasteiger partial charge on any atom is 0.122 e. The Balaban J connectivity index is 1.61. The van der Waals surface area contributed by atoms with Crippen molar-refractivity contribution in [2.75, 3.05) is 19.4 Å². The fraction of sp³-hybridized carbons (Fsp3) is 0.647. The lowest BCUT2D eigenvalue weighted by Gasteiger charge is -2.33. The molecule has 0 bridgehead atoms. The highest BCUT2D eigenvalue weighted by Crippen LogP contribution is 2.33. The lowest BCUT2D eigenvalue weighted by atomic mass is 9.91. The first-order chi connectivity index (χ1) is 9.88. The van der Waals surface area contributed by atoms with Crippen molar-refractivity contribution in [1.29, 1.82) is 0 Å². The molecule has 0 aromatic heterocycles. The number of rotatable bonds is 4. The van der Waals surface area contributed by atoms with Gasteiger partial charge in [0.2, 0.25) is 0 Å². The molecule has 0 amide bonds. The van der Waals surface area contributed by atoms with Gasteiger partial charge in [-0.3, -0.25) is 0 Å². The summed E-state index contributed by atoms with van der Waals surface area (Å²) in [5.41, 5.74) is 1.39. The lowest BCUT2D eigenvalue weighted by molar-refractivity contribution is 0.259. The summed E-state index contributed by atoms with van der Waals surface area (Å²) in [6.45, 7) is 1.96. The largest absolute Gasteiger partial charge is 0.493 e. The smallest absolute Gasteiger partial charge is 0.122 e. The maximum atomic E-state index is 5.76. The van der Waals surface area contributed by atoms with Crippen LogP contribution in [0.25, 0.3) is 0 Å². The molecule has 110 valence electrons. The van der Waals surface area contributed by atoms with Crippen LogP contribution >= 0.6 is 11.8 Å². The van der Waals surface area contributed by atoms with E-state index >= 15 is 0 Å². The van der Waals surface area contributed by atoms with Crippen LogP contribution in [0.3, 0.4) is 0 Å². The molecule has 1 aromatic rings. The lowest BCUT2D eigenvalue weighted by Crippen LogP contribution is -2.42. The van der Waals surface area contributed by atoms with Gasteiger partial charge < -0.3 is 10.1 Å². The van der Waals surface area contributed by atoms with Crippen LogP contribution in [0.2, 0.25) is 0 Å². The van der Waals surface area contributed by atoms with Crippen LogP contribution in [-0.4, -0.2) is 30.7 Å². The van der Waals surface area contributed by atoms with E-state index in [0.29, 0.717) is 12.0 Å². The first kappa shape index (κ1) is 14.3.